The number of ketones is 1. The van der Waals surface area contributed by atoms with Gasteiger partial charge < -0.3 is 5.11 Å². The molecule has 0 amide bonds. The normalized spacial score (nSPS) is 27.4. The van der Waals surface area contributed by atoms with Crippen molar-refractivity contribution in [3.63, 3.8) is 0 Å². The highest BCUT2D eigenvalue weighted by molar-refractivity contribution is 5.90. The zero-order valence-electron chi connectivity index (χ0n) is 9.75. The van der Waals surface area contributed by atoms with E-state index in [9.17, 15) is 9.59 Å². The summed E-state index contributed by atoms with van der Waals surface area (Å²) in [6.07, 6.45) is 3.32. The van der Waals surface area contributed by atoms with Gasteiger partial charge in [0.25, 0.3) is 0 Å². The SMILES string of the molecule is CC(C)(C)C(=O)[C@H]1CCCC[C@@H]1C(=O)O. The lowest BCUT2D eigenvalue weighted by atomic mass is 9.71. The lowest BCUT2D eigenvalue weighted by Gasteiger charge is -2.32. The van der Waals surface area contributed by atoms with Gasteiger partial charge in [0.15, 0.2) is 0 Å². The van der Waals surface area contributed by atoms with Crippen LogP contribution in [0, 0.1) is 17.3 Å². The van der Waals surface area contributed by atoms with Crippen LogP contribution >= 0.6 is 0 Å². The van der Waals surface area contributed by atoms with Gasteiger partial charge >= 0.3 is 5.97 Å². The molecule has 1 rings (SSSR count). The zero-order chi connectivity index (χ0) is 11.6. The number of hydrogen-bond acceptors (Lipinski definition) is 2. The molecule has 1 fully saturated rings. The summed E-state index contributed by atoms with van der Waals surface area (Å²) in [5.41, 5.74) is -0.421. The van der Waals surface area contributed by atoms with Crippen molar-refractivity contribution in [3.8, 4) is 0 Å². The van der Waals surface area contributed by atoms with Crippen LogP contribution in [0.5, 0.6) is 0 Å². The Morgan fingerprint density at radius 2 is 1.53 bits per heavy atom. The van der Waals surface area contributed by atoms with Crippen LogP contribution in [-0.4, -0.2) is 16.9 Å². The van der Waals surface area contributed by atoms with Gasteiger partial charge in [-0.3, -0.25) is 9.59 Å². The predicted octanol–water partition coefficient (Wildman–Crippen LogP) is 2.49. The molecule has 0 heterocycles. The van der Waals surface area contributed by atoms with E-state index in [4.69, 9.17) is 5.11 Å². The smallest absolute Gasteiger partial charge is 0.307 e. The Morgan fingerprint density at radius 1 is 1.07 bits per heavy atom. The van der Waals surface area contributed by atoms with Crippen molar-refractivity contribution in [1.29, 1.82) is 0 Å². The van der Waals surface area contributed by atoms with Gasteiger partial charge in [0.1, 0.15) is 5.78 Å². The maximum atomic E-state index is 12.1. The third kappa shape index (κ3) is 2.80. The highest BCUT2D eigenvalue weighted by Crippen LogP contribution is 2.35. The van der Waals surface area contributed by atoms with Crippen LogP contribution in [0.15, 0.2) is 0 Å². The van der Waals surface area contributed by atoms with Gasteiger partial charge in [0, 0.05) is 11.3 Å². The quantitative estimate of drug-likeness (QED) is 0.765. The molecule has 1 aliphatic carbocycles. The van der Waals surface area contributed by atoms with Crippen molar-refractivity contribution in [2.45, 2.75) is 46.5 Å². The standard InChI is InChI=1S/C12H20O3/c1-12(2,3)10(13)8-6-4-5-7-9(8)11(14)15/h8-9H,4-7H2,1-3H3,(H,14,15)/t8-,9-/m0/s1. The molecule has 0 aromatic heterocycles. The molecule has 0 radical (unpaired) electrons. The van der Waals surface area contributed by atoms with Crippen LogP contribution in [0.4, 0.5) is 0 Å². The van der Waals surface area contributed by atoms with Gasteiger partial charge in [-0.15, -0.1) is 0 Å². The van der Waals surface area contributed by atoms with E-state index < -0.39 is 17.3 Å². The average Bonchev–Trinajstić information content (AvgIpc) is 2.15. The van der Waals surface area contributed by atoms with E-state index in [0.717, 1.165) is 19.3 Å². The zero-order valence-corrected chi connectivity index (χ0v) is 9.75. The second-order valence-electron chi connectivity index (χ2n) is 5.45. The summed E-state index contributed by atoms with van der Waals surface area (Å²) in [5, 5.41) is 9.07. The molecule has 15 heavy (non-hydrogen) atoms. The van der Waals surface area contributed by atoms with Crippen LogP contribution in [-0.2, 0) is 9.59 Å². The van der Waals surface area contributed by atoms with Crippen LogP contribution in [0.3, 0.4) is 0 Å². The van der Waals surface area contributed by atoms with E-state index in [1.54, 1.807) is 0 Å². The minimum absolute atomic E-state index is 0.106. The Bertz CT molecular complexity index is 263. The van der Waals surface area contributed by atoms with Gasteiger partial charge in [0.2, 0.25) is 0 Å². The molecule has 86 valence electrons. The first kappa shape index (κ1) is 12.2. The number of Topliss-reactive ketones (excluding diaryl/α,β-unsaturated/α-hetero) is 1. The Morgan fingerprint density at radius 3 is 1.93 bits per heavy atom. The maximum absolute atomic E-state index is 12.1. The van der Waals surface area contributed by atoms with E-state index in [1.165, 1.54) is 0 Å². The van der Waals surface area contributed by atoms with E-state index in [1.807, 2.05) is 20.8 Å². The molecule has 1 aliphatic rings. The first-order valence-electron chi connectivity index (χ1n) is 5.61. The topological polar surface area (TPSA) is 54.4 Å². The van der Waals surface area contributed by atoms with Crippen LogP contribution in [0.2, 0.25) is 0 Å². The Kier molecular flexibility index (Phi) is 3.53. The van der Waals surface area contributed by atoms with Gasteiger partial charge in [0.05, 0.1) is 5.92 Å². The summed E-state index contributed by atoms with van der Waals surface area (Å²) >= 11 is 0. The lowest BCUT2D eigenvalue weighted by Crippen LogP contribution is -2.38. The molecule has 3 nitrogen and oxygen atoms in total. The third-order valence-corrected chi connectivity index (χ3v) is 3.16. The van der Waals surface area contributed by atoms with Crippen LogP contribution in [0.1, 0.15) is 46.5 Å². The first-order valence-corrected chi connectivity index (χ1v) is 5.61. The molecule has 1 saturated carbocycles. The number of carbonyl (C=O) groups is 2. The molecule has 0 spiro atoms. The van der Waals surface area contributed by atoms with Gasteiger partial charge in [-0.05, 0) is 12.8 Å². The largest absolute Gasteiger partial charge is 0.481 e. The molecule has 1 N–H and O–H groups in total. The van der Waals surface area contributed by atoms with Crippen molar-refractivity contribution < 1.29 is 14.7 Å². The van der Waals surface area contributed by atoms with Crippen molar-refractivity contribution in [3.05, 3.63) is 0 Å². The Hall–Kier alpha value is -0.860. The number of carboxylic acids is 1. The highest BCUT2D eigenvalue weighted by atomic mass is 16.4. The fourth-order valence-electron chi connectivity index (χ4n) is 2.30. The number of rotatable bonds is 2. The molecule has 0 aromatic carbocycles. The summed E-state index contributed by atoms with van der Waals surface area (Å²) in [6.45, 7) is 5.59. The van der Waals surface area contributed by atoms with Gasteiger partial charge in [-0.1, -0.05) is 33.6 Å². The molecule has 0 unspecified atom stereocenters. The van der Waals surface area contributed by atoms with Gasteiger partial charge in [-0.2, -0.15) is 0 Å². The summed E-state index contributed by atoms with van der Waals surface area (Å²) in [4.78, 5) is 23.1. The summed E-state index contributed by atoms with van der Waals surface area (Å²) in [7, 11) is 0. The molecule has 0 aliphatic heterocycles. The maximum Gasteiger partial charge on any atom is 0.307 e. The monoisotopic (exact) mass is 212 g/mol. The molecule has 0 saturated heterocycles. The molecule has 3 heteroatoms. The fourth-order valence-corrected chi connectivity index (χ4v) is 2.30. The second-order valence-corrected chi connectivity index (χ2v) is 5.45. The van der Waals surface area contributed by atoms with Crippen molar-refractivity contribution >= 4 is 11.8 Å². The van der Waals surface area contributed by atoms with Gasteiger partial charge in [-0.25, -0.2) is 0 Å². The molecule has 2 atom stereocenters. The van der Waals surface area contributed by atoms with Crippen LogP contribution < -0.4 is 0 Å². The number of carboxylic acid groups (broad SMARTS) is 1. The molecular weight excluding hydrogens is 192 g/mol. The van der Waals surface area contributed by atoms with E-state index in [-0.39, 0.29) is 11.7 Å². The minimum Gasteiger partial charge on any atom is -0.481 e. The Balaban J connectivity index is 2.81. The Labute approximate surface area is 90.9 Å². The molecular formula is C12H20O3. The highest BCUT2D eigenvalue weighted by Gasteiger charge is 2.39. The molecule has 0 bridgehead atoms. The van der Waals surface area contributed by atoms with E-state index >= 15 is 0 Å². The van der Waals surface area contributed by atoms with Crippen molar-refractivity contribution in [1.82, 2.24) is 0 Å². The first-order chi connectivity index (χ1) is 6.84. The van der Waals surface area contributed by atoms with E-state index in [2.05, 4.69) is 0 Å². The fraction of sp³-hybridized carbons (Fsp3) is 0.833. The summed E-state index contributed by atoms with van der Waals surface area (Å²) in [6, 6.07) is 0. The van der Waals surface area contributed by atoms with Crippen molar-refractivity contribution in [2.75, 3.05) is 0 Å². The lowest BCUT2D eigenvalue weighted by molar-refractivity contribution is -0.150. The third-order valence-electron chi connectivity index (χ3n) is 3.16. The van der Waals surface area contributed by atoms with Crippen molar-refractivity contribution in [2.24, 2.45) is 17.3 Å². The average molecular weight is 212 g/mol. The number of aliphatic carboxylic acids is 1. The number of carbonyl (C=O) groups excluding carboxylic acids is 1. The predicted molar refractivity (Wildman–Crippen MR) is 57.5 cm³/mol. The minimum atomic E-state index is -0.808. The summed E-state index contributed by atoms with van der Waals surface area (Å²) < 4.78 is 0. The second kappa shape index (κ2) is 4.33. The summed E-state index contributed by atoms with van der Waals surface area (Å²) in [5.74, 6) is -1.42. The molecule has 0 aromatic rings. The van der Waals surface area contributed by atoms with E-state index in [0.29, 0.717) is 6.42 Å². The van der Waals surface area contributed by atoms with Crippen LogP contribution in [0.25, 0.3) is 0 Å². The number of hydrogen-bond donors (Lipinski definition) is 1.